The van der Waals surface area contributed by atoms with Crippen molar-refractivity contribution in [2.45, 2.75) is 32.2 Å². The van der Waals surface area contributed by atoms with Gasteiger partial charge in [-0.3, -0.25) is 0 Å². The molecule has 0 amide bonds. The van der Waals surface area contributed by atoms with Crippen molar-refractivity contribution >= 4 is 17.0 Å². The molecule has 0 unspecified atom stereocenters. The molecule has 7 heteroatoms. The Labute approximate surface area is 192 Å². The van der Waals surface area contributed by atoms with Gasteiger partial charge in [-0.1, -0.05) is 0 Å². The molecule has 3 aliphatic heterocycles. The zero-order chi connectivity index (χ0) is 19.9. The Morgan fingerprint density at radius 3 is 2.16 bits per heavy atom. The molecule has 0 atom stereocenters. The molecule has 31 heavy (non-hydrogen) atoms. The fraction of sp³-hybridized carbons (Fsp3) is 0.375. The normalized spacial score (nSPS) is 16.6. The maximum absolute atomic E-state index is 5.87. The molecule has 1 aromatic heterocycles. The molecule has 2 aromatic carbocycles. The number of rotatable bonds is 2. The Hall–Kier alpha value is -2.67. The summed E-state index contributed by atoms with van der Waals surface area (Å²) in [6.07, 6.45) is 7.02. The van der Waals surface area contributed by atoms with E-state index in [9.17, 15) is 0 Å². The maximum Gasteiger partial charge on any atom is 0.262 e. The molecular formula is C24H26BrN2O4+. The van der Waals surface area contributed by atoms with Gasteiger partial charge >= 0.3 is 0 Å². The number of aromatic nitrogens is 2. The van der Waals surface area contributed by atoms with E-state index in [1.807, 2.05) is 12.1 Å². The number of nitrogens with zero attached hydrogens (tertiary/aromatic N) is 2. The van der Waals surface area contributed by atoms with Crippen molar-refractivity contribution in [3.05, 3.63) is 48.4 Å². The van der Waals surface area contributed by atoms with Crippen LogP contribution < -0.4 is 23.5 Å². The van der Waals surface area contributed by atoms with E-state index < -0.39 is 0 Å². The lowest BCUT2D eigenvalue weighted by atomic mass is 10.1. The number of fused-ring (bicyclic) bond motifs is 3. The van der Waals surface area contributed by atoms with Crippen LogP contribution >= 0.6 is 17.0 Å². The standard InChI is InChI=1S/C24H25N2O4.BrH/c1-2-4-24-25(9-3-1)16-19(17-5-7-20-22(14-17)29-12-10-27-20)26(24)18-6-8-21-23(15-18)30-13-11-28-21;/h5-8,14-16H,1-4,9-13H2;1H/q+1;. The van der Waals surface area contributed by atoms with Gasteiger partial charge in [0, 0.05) is 18.1 Å². The molecule has 6 rings (SSSR count). The summed E-state index contributed by atoms with van der Waals surface area (Å²) in [6.45, 7) is 3.42. The molecule has 0 radical (unpaired) electrons. The minimum absolute atomic E-state index is 0. The molecule has 3 aliphatic rings. The highest BCUT2D eigenvalue weighted by Gasteiger charge is 2.29. The first kappa shape index (κ1) is 20.2. The second-order valence-corrected chi connectivity index (χ2v) is 7.96. The second kappa shape index (κ2) is 8.46. The van der Waals surface area contributed by atoms with E-state index in [1.165, 1.54) is 25.1 Å². The topological polar surface area (TPSA) is 45.7 Å². The molecule has 0 fully saturated rings. The first-order valence-electron chi connectivity index (χ1n) is 10.8. The maximum atomic E-state index is 5.87. The van der Waals surface area contributed by atoms with Gasteiger partial charge in [0.25, 0.3) is 5.82 Å². The van der Waals surface area contributed by atoms with Crippen molar-refractivity contribution < 1.29 is 23.5 Å². The summed E-state index contributed by atoms with van der Waals surface area (Å²) in [5, 5.41) is 0. The molecule has 0 spiro atoms. The molecule has 0 N–H and O–H groups in total. The molecule has 6 nitrogen and oxygen atoms in total. The highest BCUT2D eigenvalue weighted by Crippen LogP contribution is 2.37. The predicted octanol–water partition coefficient (Wildman–Crippen LogP) is 4.28. The minimum Gasteiger partial charge on any atom is -0.486 e. The van der Waals surface area contributed by atoms with Gasteiger partial charge in [-0.15, -0.1) is 17.0 Å². The third-order valence-corrected chi connectivity index (χ3v) is 6.03. The van der Waals surface area contributed by atoms with Gasteiger partial charge in [0.2, 0.25) is 0 Å². The summed E-state index contributed by atoms with van der Waals surface area (Å²) >= 11 is 0. The molecule has 0 aliphatic carbocycles. The Morgan fingerprint density at radius 2 is 1.39 bits per heavy atom. The third-order valence-electron chi connectivity index (χ3n) is 6.03. The van der Waals surface area contributed by atoms with Gasteiger partial charge in [-0.25, -0.2) is 4.57 Å². The molecule has 0 saturated carbocycles. The molecule has 3 aromatic rings. The Bertz CT molecular complexity index is 1110. The van der Waals surface area contributed by atoms with E-state index in [-0.39, 0.29) is 17.0 Å². The van der Waals surface area contributed by atoms with Crippen LogP contribution in [0.1, 0.15) is 25.1 Å². The first-order chi connectivity index (χ1) is 14.9. The summed E-state index contributed by atoms with van der Waals surface area (Å²) in [4.78, 5) is 0. The van der Waals surface area contributed by atoms with Crippen molar-refractivity contribution in [1.29, 1.82) is 0 Å². The van der Waals surface area contributed by atoms with E-state index in [1.54, 1.807) is 0 Å². The van der Waals surface area contributed by atoms with Crippen LogP contribution in [0.2, 0.25) is 0 Å². The summed E-state index contributed by atoms with van der Waals surface area (Å²) in [7, 11) is 0. The lowest BCUT2D eigenvalue weighted by Gasteiger charge is -2.19. The van der Waals surface area contributed by atoms with Gasteiger partial charge in [-0.05, 0) is 49.6 Å². The van der Waals surface area contributed by atoms with Crippen LogP contribution in [0.25, 0.3) is 16.9 Å². The van der Waals surface area contributed by atoms with Gasteiger partial charge < -0.3 is 18.9 Å². The van der Waals surface area contributed by atoms with E-state index in [4.69, 9.17) is 18.9 Å². The zero-order valence-corrected chi connectivity index (χ0v) is 19.1. The van der Waals surface area contributed by atoms with Gasteiger partial charge in [0.1, 0.15) is 38.3 Å². The Morgan fingerprint density at radius 1 is 0.710 bits per heavy atom. The van der Waals surface area contributed by atoms with Crippen LogP contribution in [0.3, 0.4) is 0 Å². The van der Waals surface area contributed by atoms with Crippen LogP contribution in [-0.2, 0) is 13.0 Å². The van der Waals surface area contributed by atoms with Gasteiger partial charge in [0.05, 0.1) is 6.54 Å². The smallest absolute Gasteiger partial charge is 0.262 e. The van der Waals surface area contributed by atoms with E-state index in [0.29, 0.717) is 26.4 Å². The average molecular weight is 486 g/mol. The SMILES string of the molecule is Br.c1cc2c(cc1-c1c[n+]3c(n1-c1ccc4c(c1)OCCO4)CCCCC3)OCCO2. The van der Waals surface area contributed by atoms with E-state index >= 15 is 0 Å². The molecule has 0 saturated heterocycles. The third kappa shape index (κ3) is 3.65. The number of halogens is 1. The number of hydrogen-bond acceptors (Lipinski definition) is 4. The van der Waals surface area contributed by atoms with Crippen LogP contribution in [0, 0.1) is 0 Å². The lowest BCUT2D eigenvalue weighted by molar-refractivity contribution is -0.702. The first-order valence-corrected chi connectivity index (χ1v) is 10.8. The lowest BCUT2D eigenvalue weighted by Crippen LogP contribution is -2.35. The van der Waals surface area contributed by atoms with Gasteiger partial charge in [0.15, 0.2) is 28.7 Å². The van der Waals surface area contributed by atoms with Crippen LogP contribution in [0.5, 0.6) is 23.0 Å². The predicted molar refractivity (Wildman–Crippen MR) is 121 cm³/mol. The monoisotopic (exact) mass is 485 g/mol. The van der Waals surface area contributed by atoms with Crippen LogP contribution in [0.4, 0.5) is 0 Å². The number of hydrogen-bond donors (Lipinski definition) is 0. The average Bonchev–Trinajstić information content (AvgIpc) is 3.01. The second-order valence-electron chi connectivity index (χ2n) is 7.96. The summed E-state index contributed by atoms with van der Waals surface area (Å²) in [5.74, 6) is 4.59. The van der Waals surface area contributed by atoms with Crippen LogP contribution in [-0.4, -0.2) is 31.0 Å². The highest BCUT2D eigenvalue weighted by molar-refractivity contribution is 8.93. The summed E-state index contributed by atoms with van der Waals surface area (Å²) in [5.41, 5.74) is 3.37. The molecule has 0 bridgehead atoms. The number of aryl methyl sites for hydroxylation is 1. The molecule has 4 heterocycles. The van der Waals surface area contributed by atoms with E-state index in [0.717, 1.165) is 52.9 Å². The number of ether oxygens (including phenoxy) is 4. The van der Waals surface area contributed by atoms with Crippen molar-refractivity contribution in [3.63, 3.8) is 0 Å². The van der Waals surface area contributed by atoms with Crippen molar-refractivity contribution in [2.24, 2.45) is 0 Å². The quantitative estimate of drug-likeness (QED) is 0.508. The number of imidazole rings is 1. The fourth-order valence-electron chi connectivity index (χ4n) is 4.60. The number of benzene rings is 2. The highest BCUT2D eigenvalue weighted by atomic mass is 79.9. The largest absolute Gasteiger partial charge is 0.486 e. The Kier molecular flexibility index (Phi) is 5.52. The van der Waals surface area contributed by atoms with Crippen molar-refractivity contribution in [1.82, 2.24) is 4.57 Å². The van der Waals surface area contributed by atoms with Crippen LogP contribution in [0.15, 0.2) is 42.6 Å². The fourth-order valence-corrected chi connectivity index (χ4v) is 4.60. The molecular weight excluding hydrogens is 460 g/mol. The molecule has 162 valence electrons. The summed E-state index contributed by atoms with van der Waals surface area (Å²) in [6, 6.07) is 12.5. The zero-order valence-electron chi connectivity index (χ0n) is 17.3. The van der Waals surface area contributed by atoms with Crippen molar-refractivity contribution in [3.8, 4) is 39.9 Å². The van der Waals surface area contributed by atoms with Gasteiger partial charge in [-0.2, -0.15) is 4.57 Å². The van der Waals surface area contributed by atoms with E-state index in [2.05, 4.69) is 39.6 Å². The minimum atomic E-state index is 0. The van der Waals surface area contributed by atoms with Crippen molar-refractivity contribution in [2.75, 3.05) is 26.4 Å². The Balaban J connectivity index is 0.00000204. The summed E-state index contributed by atoms with van der Waals surface area (Å²) < 4.78 is 28.0.